The normalized spacial score (nSPS) is 40.2. The van der Waals surface area contributed by atoms with Crippen molar-refractivity contribution in [3.63, 3.8) is 0 Å². The second-order valence-electron chi connectivity index (χ2n) is 14.9. The number of ketones is 1. The van der Waals surface area contributed by atoms with Crippen LogP contribution in [0.25, 0.3) is 0 Å². The van der Waals surface area contributed by atoms with Crippen LogP contribution in [-0.2, 0) is 9.53 Å². The Kier molecular flexibility index (Phi) is 7.84. The zero-order valence-corrected chi connectivity index (χ0v) is 25.5. The molecule has 0 spiro atoms. The Morgan fingerprint density at radius 3 is 2.33 bits per heavy atom. The predicted octanol–water partition coefficient (Wildman–Crippen LogP) is 3.72. The van der Waals surface area contributed by atoms with E-state index in [9.17, 15) is 35.1 Å². The van der Waals surface area contributed by atoms with Gasteiger partial charge >= 0.3 is 5.97 Å². The van der Waals surface area contributed by atoms with Crippen molar-refractivity contribution in [2.24, 2.45) is 28.6 Å². The largest absolute Gasteiger partial charge is 0.456 e. The Bertz CT molecular complexity index is 1230. The maximum atomic E-state index is 13.5. The number of carbonyl (C=O) groups excluding carboxylic acids is 2. The highest BCUT2D eigenvalue weighted by molar-refractivity contribution is 5.95. The summed E-state index contributed by atoms with van der Waals surface area (Å²) in [5, 5.41) is 56.3. The van der Waals surface area contributed by atoms with Crippen LogP contribution in [0.5, 0.6) is 0 Å². The van der Waals surface area contributed by atoms with Crippen molar-refractivity contribution in [3.8, 4) is 0 Å². The fourth-order valence-electron chi connectivity index (χ4n) is 9.26. The molecule has 4 aliphatic rings. The van der Waals surface area contributed by atoms with Gasteiger partial charge in [-0.05, 0) is 113 Å². The molecule has 0 unspecified atom stereocenters. The van der Waals surface area contributed by atoms with Gasteiger partial charge in [0.15, 0.2) is 5.78 Å². The first-order valence-electron chi connectivity index (χ1n) is 15.5. The monoisotopic (exact) mass is 584 g/mol. The van der Waals surface area contributed by atoms with Gasteiger partial charge in [-0.2, -0.15) is 0 Å². The number of rotatable bonds is 7. The molecule has 0 amide bonds. The summed E-state index contributed by atoms with van der Waals surface area (Å²) in [6.07, 6.45) is 1.84. The summed E-state index contributed by atoms with van der Waals surface area (Å²) in [7, 11) is 0. The van der Waals surface area contributed by atoms with Crippen LogP contribution in [0.1, 0.15) is 96.3 Å². The second-order valence-corrected chi connectivity index (χ2v) is 14.9. The summed E-state index contributed by atoms with van der Waals surface area (Å²) in [4.78, 5) is 26.7. The Morgan fingerprint density at radius 1 is 1.02 bits per heavy atom. The minimum absolute atomic E-state index is 0.123. The summed E-state index contributed by atoms with van der Waals surface area (Å²) in [6, 6.07) is 8.60. The molecule has 5 rings (SSSR count). The van der Waals surface area contributed by atoms with Gasteiger partial charge in [0, 0.05) is 11.3 Å². The summed E-state index contributed by atoms with van der Waals surface area (Å²) in [6.45, 7) is 9.00. The Hall–Kier alpha value is -2.10. The number of esters is 1. The van der Waals surface area contributed by atoms with Gasteiger partial charge in [-0.3, -0.25) is 4.79 Å². The van der Waals surface area contributed by atoms with E-state index in [0.717, 1.165) is 0 Å². The lowest BCUT2D eigenvalue weighted by atomic mass is 9.45. The molecule has 8 nitrogen and oxygen atoms in total. The van der Waals surface area contributed by atoms with Crippen LogP contribution in [-0.4, -0.2) is 72.4 Å². The molecular weight excluding hydrogens is 536 g/mol. The van der Waals surface area contributed by atoms with E-state index in [0.29, 0.717) is 43.2 Å². The Balaban J connectivity index is 1.48. The molecule has 0 radical (unpaired) electrons. The van der Waals surface area contributed by atoms with Gasteiger partial charge in [-0.1, -0.05) is 32.0 Å². The predicted molar refractivity (Wildman–Crippen MR) is 156 cm³/mol. The van der Waals surface area contributed by atoms with Crippen molar-refractivity contribution in [1.82, 2.24) is 0 Å². The first-order valence-corrected chi connectivity index (χ1v) is 15.5. The number of allylic oxidation sites excluding steroid dienone is 1. The van der Waals surface area contributed by atoms with E-state index in [2.05, 4.69) is 0 Å². The molecule has 3 fully saturated rings. The highest BCUT2D eigenvalue weighted by atomic mass is 16.6. The third-order valence-corrected chi connectivity index (χ3v) is 11.8. The van der Waals surface area contributed by atoms with E-state index in [4.69, 9.17) is 4.74 Å². The van der Waals surface area contributed by atoms with Crippen LogP contribution < -0.4 is 0 Å². The summed E-state index contributed by atoms with van der Waals surface area (Å²) >= 11 is 0. The van der Waals surface area contributed by atoms with E-state index < -0.39 is 63.8 Å². The molecule has 8 heteroatoms. The lowest BCUT2D eigenvalue weighted by Crippen LogP contribution is -2.63. The standard InChI is InChI=1S/C34H48O8/c1-30(2,39)14-13-28(42-29(38)20-9-7-6-8-10-20)33(5,40)27-12-16-34(41)22-17-24(35)23-18-25(36)26(37)19-31(23,3)21(22)11-15-32(27,34)4/h6-10,17,21,23,25-28,36-37,39-41H,11-16,18-19H2,1-5H3/t21-,23-,25+,26+,27+,28-,31+,32+,33+,34+/m0/s1. The zero-order valence-electron chi connectivity index (χ0n) is 25.5. The molecular formula is C34H48O8. The second kappa shape index (κ2) is 10.5. The summed E-state index contributed by atoms with van der Waals surface area (Å²) in [5.74, 6) is -1.70. The van der Waals surface area contributed by atoms with Crippen LogP contribution >= 0.6 is 0 Å². The third kappa shape index (κ3) is 4.97. The van der Waals surface area contributed by atoms with E-state index in [-0.39, 0.29) is 31.0 Å². The smallest absolute Gasteiger partial charge is 0.338 e. The van der Waals surface area contributed by atoms with Gasteiger partial charge < -0.3 is 30.3 Å². The average Bonchev–Trinajstić information content (AvgIpc) is 3.20. The molecule has 0 aliphatic heterocycles. The Labute approximate surface area is 248 Å². The molecule has 5 N–H and O–H groups in total. The number of fused-ring (bicyclic) bond motifs is 5. The highest BCUT2D eigenvalue weighted by Crippen LogP contribution is 2.68. The molecule has 42 heavy (non-hydrogen) atoms. The maximum absolute atomic E-state index is 13.5. The maximum Gasteiger partial charge on any atom is 0.338 e. The van der Waals surface area contributed by atoms with Gasteiger partial charge in [0.1, 0.15) is 11.7 Å². The van der Waals surface area contributed by atoms with Crippen molar-refractivity contribution in [2.75, 3.05) is 0 Å². The van der Waals surface area contributed by atoms with Crippen LogP contribution in [0.3, 0.4) is 0 Å². The minimum Gasteiger partial charge on any atom is -0.456 e. The van der Waals surface area contributed by atoms with Gasteiger partial charge in [-0.15, -0.1) is 0 Å². The van der Waals surface area contributed by atoms with Crippen LogP contribution in [0.15, 0.2) is 42.0 Å². The van der Waals surface area contributed by atoms with Crippen molar-refractivity contribution < 1.29 is 39.9 Å². The van der Waals surface area contributed by atoms with Crippen molar-refractivity contribution in [2.45, 2.75) is 121 Å². The number of hydrogen-bond donors (Lipinski definition) is 5. The molecule has 1 aromatic rings. The first kappa shape index (κ1) is 31.3. The van der Waals surface area contributed by atoms with Gasteiger partial charge in [-0.25, -0.2) is 4.79 Å². The molecule has 0 bridgehead atoms. The van der Waals surface area contributed by atoms with E-state index in [1.807, 2.05) is 13.8 Å². The summed E-state index contributed by atoms with van der Waals surface area (Å²) < 4.78 is 6.00. The van der Waals surface area contributed by atoms with Crippen molar-refractivity contribution in [1.29, 1.82) is 0 Å². The topological polar surface area (TPSA) is 145 Å². The van der Waals surface area contributed by atoms with Crippen molar-refractivity contribution in [3.05, 3.63) is 47.5 Å². The quantitative estimate of drug-likeness (QED) is 0.305. The van der Waals surface area contributed by atoms with Crippen LogP contribution in [0.2, 0.25) is 0 Å². The minimum atomic E-state index is -1.54. The lowest BCUT2D eigenvalue weighted by Gasteiger charge is -2.60. The molecule has 3 saturated carbocycles. The van der Waals surface area contributed by atoms with Crippen LogP contribution in [0, 0.1) is 28.6 Å². The number of hydrogen-bond acceptors (Lipinski definition) is 8. The number of aliphatic hydroxyl groups excluding tert-OH is 2. The van der Waals surface area contributed by atoms with Crippen LogP contribution in [0.4, 0.5) is 0 Å². The van der Waals surface area contributed by atoms with E-state index in [1.165, 1.54) is 0 Å². The molecule has 10 atom stereocenters. The van der Waals surface area contributed by atoms with Gasteiger partial charge in [0.2, 0.25) is 0 Å². The van der Waals surface area contributed by atoms with E-state index >= 15 is 0 Å². The summed E-state index contributed by atoms with van der Waals surface area (Å²) in [5.41, 5.74) is -4.30. The zero-order chi connectivity index (χ0) is 30.9. The van der Waals surface area contributed by atoms with Gasteiger partial charge in [0.25, 0.3) is 0 Å². The highest BCUT2D eigenvalue weighted by Gasteiger charge is 2.69. The fraction of sp³-hybridized carbons (Fsp3) is 0.706. The van der Waals surface area contributed by atoms with Gasteiger partial charge in [0.05, 0.1) is 29.0 Å². The Morgan fingerprint density at radius 2 is 1.69 bits per heavy atom. The van der Waals surface area contributed by atoms with Crippen molar-refractivity contribution >= 4 is 11.8 Å². The number of carbonyl (C=O) groups is 2. The fourth-order valence-corrected chi connectivity index (χ4v) is 9.26. The molecule has 4 aliphatic carbocycles. The molecule has 0 saturated heterocycles. The third-order valence-electron chi connectivity index (χ3n) is 11.8. The SMILES string of the molecule is CC(C)(O)CC[C@H](OC(=O)c1ccccc1)[C@](C)(O)[C@@H]1CC[C@@]2(O)C3=CC(=O)[C@@H]4C[C@@H](O)[C@H](O)C[C@]4(C)[C@H]3CC[C@]12C. The molecule has 1 aromatic carbocycles. The number of benzene rings is 1. The van der Waals surface area contributed by atoms with E-state index in [1.54, 1.807) is 57.2 Å². The number of ether oxygens (including phenoxy) is 1. The molecule has 232 valence electrons. The molecule has 0 heterocycles. The lowest BCUT2D eigenvalue weighted by molar-refractivity contribution is -0.177. The molecule has 0 aromatic heterocycles. The average molecular weight is 585 g/mol. The first-order chi connectivity index (χ1) is 19.4. The number of aliphatic hydroxyl groups is 5.